The lowest BCUT2D eigenvalue weighted by atomic mass is 10.0. The van der Waals surface area contributed by atoms with E-state index >= 15 is 0 Å². The number of unbranched alkanes of at least 4 members (excludes halogenated alkanes) is 37. The van der Waals surface area contributed by atoms with Gasteiger partial charge in [0.15, 0.2) is 6.10 Å². The van der Waals surface area contributed by atoms with E-state index in [2.05, 4.69) is 27.7 Å². The van der Waals surface area contributed by atoms with Crippen LogP contribution in [0, 0.1) is 5.92 Å². The number of rotatable bonds is 50. The first kappa shape index (κ1) is 59.4. The molecule has 6 nitrogen and oxygen atoms in total. The van der Waals surface area contributed by atoms with Gasteiger partial charge in [0.25, 0.3) is 0 Å². The summed E-state index contributed by atoms with van der Waals surface area (Å²) in [5.41, 5.74) is 0. The maximum Gasteiger partial charge on any atom is 0.306 e. The first-order chi connectivity index (χ1) is 29.9. The van der Waals surface area contributed by atoms with E-state index in [1.165, 1.54) is 205 Å². The molecule has 1 atom stereocenters. The van der Waals surface area contributed by atoms with Crippen LogP contribution in [0.3, 0.4) is 0 Å². The molecule has 362 valence electrons. The average molecular weight is 863 g/mol. The molecular formula is C55H106O6. The minimum absolute atomic E-state index is 0.0626. The molecule has 0 aromatic rings. The molecule has 0 amide bonds. The third-order valence-corrected chi connectivity index (χ3v) is 12.5. The molecule has 0 bridgehead atoms. The van der Waals surface area contributed by atoms with E-state index < -0.39 is 6.10 Å². The largest absolute Gasteiger partial charge is 0.462 e. The topological polar surface area (TPSA) is 78.9 Å². The van der Waals surface area contributed by atoms with Crippen LogP contribution < -0.4 is 0 Å². The van der Waals surface area contributed by atoms with Crippen molar-refractivity contribution in [2.24, 2.45) is 5.92 Å². The van der Waals surface area contributed by atoms with Crippen LogP contribution in [0.4, 0.5) is 0 Å². The van der Waals surface area contributed by atoms with Crippen molar-refractivity contribution in [2.45, 2.75) is 316 Å². The number of esters is 3. The normalized spacial score (nSPS) is 12.0. The molecular weight excluding hydrogens is 757 g/mol. The predicted molar refractivity (Wildman–Crippen MR) is 261 cm³/mol. The second-order valence-electron chi connectivity index (χ2n) is 19.3. The van der Waals surface area contributed by atoms with E-state index in [0.717, 1.165) is 63.7 Å². The van der Waals surface area contributed by atoms with Crippen molar-refractivity contribution < 1.29 is 28.6 Å². The number of carbonyl (C=O) groups is 3. The fraction of sp³-hybridized carbons (Fsp3) is 0.945. The van der Waals surface area contributed by atoms with Gasteiger partial charge in [-0.15, -0.1) is 0 Å². The van der Waals surface area contributed by atoms with Crippen molar-refractivity contribution in [2.75, 3.05) is 13.2 Å². The Hall–Kier alpha value is -1.59. The van der Waals surface area contributed by atoms with Gasteiger partial charge in [-0.2, -0.15) is 0 Å². The first-order valence-corrected chi connectivity index (χ1v) is 27.4. The Balaban J connectivity index is 4.24. The second kappa shape index (κ2) is 49.4. The summed E-state index contributed by atoms with van der Waals surface area (Å²) in [7, 11) is 0. The lowest BCUT2D eigenvalue weighted by Crippen LogP contribution is -2.30. The Morgan fingerprint density at radius 2 is 0.541 bits per heavy atom. The summed E-state index contributed by atoms with van der Waals surface area (Å²) in [4.78, 5) is 38.0. The van der Waals surface area contributed by atoms with Crippen molar-refractivity contribution in [3.05, 3.63) is 0 Å². The average Bonchev–Trinajstić information content (AvgIpc) is 3.24. The van der Waals surface area contributed by atoms with Crippen LogP contribution in [0.15, 0.2) is 0 Å². The van der Waals surface area contributed by atoms with E-state index in [1.54, 1.807) is 0 Å². The predicted octanol–water partition coefficient (Wildman–Crippen LogP) is 17.8. The third kappa shape index (κ3) is 49.3. The van der Waals surface area contributed by atoms with Crippen LogP contribution in [0.5, 0.6) is 0 Å². The molecule has 0 rings (SSSR count). The Kier molecular flexibility index (Phi) is 48.1. The van der Waals surface area contributed by atoms with E-state index in [1.807, 2.05) is 0 Å². The van der Waals surface area contributed by atoms with Gasteiger partial charge in [0.2, 0.25) is 0 Å². The molecule has 0 aliphatic heterocycles. The number of ether oxygens (including phenoxy) is 3. The highest BCUT2D eigenvalue weighted by Crippen LogP contribution is 2.17. The van der Waals surface area contributed by atoms with Crippen molar-refractivity contribution in [3.63, 3.8) is 0 Å². The minimum atomic E-state index is -0.761. The Bertz CT molecular complexity index is 918. The van der Waals surface area contributed by atoms with Crippen LogP contribution in [-0.4, -0.2) is 37.2 Å². The smallest absolute Gasteiger partial charge is 0.306 e. The molecule has 0 saturated carbocycles. The summed E-state index contributed by atoms with van der Waals surface area (Å²) in [6.45, 7) is 9.02. The van der Waals surface area contributed by atoms with E-state index in [4.69, 9.17) is 14.2 Å². The van der Waals surface area contributed by atoms with Gasteiger partial charge in [0.1, 0.15) is 13.2 Å². The molecule has 0 saturated heterocycles. The van der Waals surface area contributed by atoms with Gasteiger partial charge >= 0.3 is 17.9 Å². The molecule has 0 aromatic carbocycles. The quantitative estimate of drug-likeness (QED) is 0.0344. The number of hydrogen-bond donors (Lipinski definition) is 0. The van der Waals surface area contributed by atoms with Crippen molar-refractivity contribution in [3.8, 4) is 0 Å². The molecule has 61 heavy (non-hydrogen) atoms. The van der Waals surface area contributed by atoms with Gasteiger partial charge < -0.3 is 14.2 Å². The lowest BCUT2D eigenvalue weighted by Gasteiger charge is -2.18. The van der Waals surface area contributed by atoms with Gasteiger partial charge in [-0.1, -0.05) is 272 Å². The zero-order chi connectivity index (χ0) is 44.5. The molecule has 0 aromatic heterocycles. The molecule has 6 heteroatoms. The van der Waals surface area contributed by atoms with E-state index in [-0.39, 0.29) is 31.1 Å². The zero-order valence-corrected chi connectivity index (χ0v) is 41.6. The van der Waals surface area contributed by atoms with Gasteiger partial charge in [-0.3, -0.25) is 14.4 Å². The van der Waals surface area contributed by atoms with Crippen LogP contribution in [-0.2, 0) is 28.6 Å². The second-order valence-corrected chi connectivity index (χ2v) is 19.3. The van der Waals surface area contributed by atoms with Crippen molar-refractivity contribution in [1.82, 2.24) is 0 Å². The minimum Gasteiger partial charge on any atom is -0.462 e. The number of carbonyl (C=O) groups excluding carboxylic acids is 3. The van der Waals surface area contributed by atoms with Gasteiger partial charge in [-0.05, 0) is 25.2 Å². The molecule has 0 aliphatic rings. The van der Waals surface area contributed by atoms with Crippen molar-refractivity contribution in [1.29, 1.82) is 0 Å². The summed E-state index contributed by atoms with van der Waals surface area (Å²) in [6.07, 6.45) is 52.4. The molecule has 0 heterocycles. The molecule has 0 fully saturated rings. The molecule has 0 aliphatic carbocycles. The first-order valence-electron chi connectivity index (χ1n) is 27.4. The highest BCUT2D eigenvalue weighted by atomic mass is 16.6. The fourth-order valence-corrected chi connectivity index (χ4v) is 8.39. The van der Waals surface area contributed by atoms with Gasteiger partial charge in [0.05, 0.1) is 0 Å². The van der Waals surface area contributed by atoms with Crippen LogP contribution >= 0.6 is 0 Å². The Morgan fingerprint density at radius 1 is 0.311 bits per heavy atom. The van der Waals surface area contributed by atoms with Gasteiger partial charge in [-0.25, -0.2) is 0 Å². The molecule has 0 unspecified atom stereocenters. The molecule has 0 radical (unpaired) electrons. The van der Waals surface area contributed by atoms with E-state index in [9.17, 15) is 14.4 Å². The fourth-order valence-electron chi connectivity index (χ4n) is 8.39. The standard InChI is InChI=1S/C55H106O6/c1-5-7-9-11-13-15-17-19-20-21-22-23-24-25-27-30-34-38-42-46-53(56)59-49-52(61-55(58)48-44-40-36-31-26-18-16-14-12-10-8-6-2)50-60-54(57)47-43-39-35-32-28-29-33-37-41-45-51(3)4/h51-52H,5-50H2,1-4H3/t52-/m1/s1. The number of hydrogen-bond acceptors (Lipinski definition) is 6. The highest BCUT2D eigenvalue weighted by molar-refractivity contribution is 5.71. The third-order valence-electron chi connectivity index (χ3n) is 12.5. The van der Waals surface area contributed by atoms with Crippen LogP contribution in [0.25, 0.3) is 0 Å². The van der Waals surface area contributed by atoms with Gasteiger partial charge in [0, 0.05) is 19.3 Å². The highest BCUT2D eigenvalue weighted by Gasteiger charge is 2.19. The summed E-state index contributed by atoms with van der Waals surface area (Å²) in [6, 6.07) is 0. The molecule has 0 N–H and O–H groups in total. The van der Waals surface area contributed by atoms with Crippen molar-refractivity contribution >= 4 is 17.9 Å². The molecule has 0 spiro atoms. The summed E-state index contributed by atoms with van der Waals surface area (Å²) in [5, 5.41) is 0. The maximum atomic E-state index is 12.8. The summed E-state index contributed by atoms with van der Waals surface area (Å²) >= 11 is 0. The SMILES string of the molecule is CCCCCCCCCCCCCCCCCCCCCC(=O)OC[C@H](COC(=O)CCCCCCCCCCCC(C)C)OC(=O)CCCCCCCCCCCCCC. The Morgan fingerprint density at radius 3 is 0.803 bits per heavy atom. The summed E-state index contributed by atoms with van der Waals surface area (Å²) in [5.74, 6) is -0.0339. The van der Waals surface area contributed by atoms with Crippen LogP contribution in [0.1, 0.15) is 310 Å². The zero-order valence-electron chi connectivity index (χ0n) is 41.6. The monoisotopic (exact) mass is 863 g/mol. The summed E-state index contributed by atoms with van der Waals surface area (Å²) < 4.78 is 16.8. The lowest BCUT2D eigenvalue weighted by molar-refractivity contribution is -0.167. The Labute approximate surface area is 380 Å². The maximum absolute atomic E-state index is 12.8. The van der Waals surface area contributed by atoms with Crippen LogP contribution in [0.2, 0.25) is 0 Å². The van der Waals surface area contributed by atoms with E-state index in [0.29, 0.717) is 19.3 Å².